The minimum atomic E-state index is -3.55. The number of hydrogen-bond acceptors (Lipinski definition) is 5. The van der Waals surface area contributed by atoms with Crippen molar-refractivity contribution in [2.45, 2.75) is 39.1 Å². The van der Waals surface area contributed by atoms with Crippen LogP contribution in [0.15, 0.2) is 44.4 Å². The van der Waals surface area contributed by atoms with Gasteiger partial charge in [-0.15, -0.1) is 0 Å². The topological polar surface area (TPSA) is 79.6 Å². The van der Waals surface area contributed by atoms with E-state index < -0.39 is 15.6 Å². The van der Waals surface area contributed by atoms with Crippen LogP contribution in [-0.4, -0.2) is 26.8 Å². The number of fused-ring (bicyclic) bond motifs is 1. The molecular formula is C22H26N2O4S. The van der Waals surface area contributed by atoms with Crippen LogP contribution in [0.2, 0.25) is 0 Å². The second-order valence-electron chi connectivity index (χ2n) is 7.58. The first-order valence-electron chi connectivity index (χ1n) is 9.32. The van der Waals surface area contributed by atoms with Gasteiger partial charge in [0.05, 0.1) is 4.90 Å². The summed E-state index contributed by atoms with van der Waals surface area (Å²) in [7, 11) is -0.523. The van der Waals surface area contributed by atoms with Crippen LogP contribution in [0.3, 0.4) is 0 Å². The van der Waals surface area contributed by atoms with Crippen LogP contribution >= 0.6 is 0 Å². The molecule has 0 atom stereocenters. The molecule has 1 N–H and O–H groups in total. The molecule has 1 aromatic heterocycles. The van der Waals surface area contributed by atoms with Gasteiger partial charge >= 0.3 is 5.63 Å². The molecule has 0 aliphatic heterocycles. The zero-order valence-electron chi connectivity index (χ0n) is 17.6. The number of rotatable bonds is 5. The number of nitrogens with one attached hydrogen (secondary N) is 1. The molecule has 7 heteroatoms. The summed E-state index contributed by atoms with van der Waals surface area (Å²) in [4.78, 5) is 12.2. The summed E-state index contributed by atoms with van der Waals surface area (Å²) in [5.41, 5.74) is 5.66. The van der Waals surface area contributed by atoms with Crippen LogP contribution in [0.25, 0.3) is 11.0 Å². The van der Waals surface area contributed by atoms with Crippen LogP contribution in [0.5, 0.6) is 0 Å². The fourth-order valence-corrected chi connectivity index (χ4v) is 4.20. The molecule has 0 saturated carbocycles. The summed E-state index contributed by atoms with van der Waals surface area (Å²) in [6.07, 6.45) is 0. The molecule has 0 aliphatic rings. The van der Waals surface area contributed by atoms with Crippen molar-refractivity contribution in [3.8, 4) is 0 Å². The van der Waals surface area contributed by atoms with Gasteiger partial charge in [-0.05, 0) is 79.8 Å². The van der Waals surface area contributed by atoms with Crippen molar-refractivity contribution in [2.24, 2.45) is 0 Å². The van der Waals surface area contributed by atoms with E-state index in [0.29, 0.717) is 12.1 Å². The molecule has 3 rings (SSSR count). The summed E-state index contributed by atoms with van der Waals surface area (Å²) < 4.78 is 31.7. The smallest absolute Gasteiger partial charge is 0.336 e. The molecule has 154 valence electrons. The van der Waals surface area contributed by atoms with E-state index in [-0.39, 0.29) is 4.90 Å². The quantitative estimate of drug-likeness (QED) is 0.641. The third-order valence-corrected chi connectivity index (χ3v) is 7.13. The molecule has 0 saturated heterocycles. The fraction of sp³-hybridized carbons (Fsp3) is 0.318. The van der Waals surface area contributed by atoms with Gasteiger partial charge in [-0.25, -0.2) is 17.5 Å². The van der Waals surface area contributed by atoms with E-state index >= 15 is 0 Å². The SMILES string of the molecule is Cc1cc2oc(=O)cc(CNc3cc(S(=O)(=O)N(C)C)cc(C)c3C)c2cc1C. The lowest BCUT2D eigenvalue weighted by Crippen LogP contribution is -2.22. The lowest BCUT2D eigenvalue weighted by Gasteiger charge is -2.17. The molecular weight excluding hydrogens is 388 g/mol. The minimum absolute atomic E-state index is 0.233. The van der Waals surface area contributed by atoms with Gasteiger partial charge in [-0.1, -0.05) is 0 Å². The minimum Gasteiger partial charge on any atom is -0.423 e. The largest absolute Gasteiger partial charge is 0.423 e. The predicted molar refractivity (Wildman–Crippen MR) is 116 cm³/mol. The highest BCUT2D eigenvalue weighted by Gasteiger charge is 2.19. The molecule has 0 radical (unpaired) electrons. The van der Waals surface area contributed by atoms with Crippen molar-refractivity contribution in [1.82, 2.24) is 4.31 Å². The summed E-state index contributed by atoms with van der Waals surface area (Å²) in [6, 6.07) is 8.67. The maximum atomic E-state index is 12.6. The molecule has 0 aliphatic carbocycles. The highest BCUT2D eigenvalue weighted by atomic mass is 32.2. The Morgan fingerprint density at radius 3 is 2.24 bits per heavy atom. The molecule has 0 amide bonds. The first kappa shape index (κ1) is 21.1. The third kappa shape index (κ3) is 4.06. The first-order valence-corrected chi connectivity index (χ1v) is 10.8. The molecule has 29 heavy (non-hydrogen) atoms. The molecule has 6 nitrogen and oxygen atoms in total. The Morgan fingerprint density at radius 2 is 1.59 bits per heavy atom. The lowest BCUT2D eigenvalue weighted by atomic mass is 10.0. The van der Waals surface area contributed by atoms with E-state index in [1.807, 2.05) is 39.8 Å². The third-order valence-electron chi connectivity index (χ3n) is 5.33. The van der Waals surface area contributed by atoms with Gasteiger partial charge in [-0.2, -0.15) is 0 Å². The van der Waals surface area contributed by atoms with Crippen LogP contribution in [0, 0.1) is 27.7 Å². The summed E-state index contributed by atoms with van der Waals surface area (Å²) in [6.45, 7) is 8.18. The molecule has 3 aromatic rings. The van der Waals surface area contributed by atoms with Gasteiger partial charge in [0.25, 0.3) is 0 Å². The van der Waals surface area contributed by atoms with E-state index in [1.54, 1.807) is 12.1 Å². The van der Waals surface area contributed by atoms with E-state index in [9.17, 15) is 13.2 Å². The normalized spacial score (nSPS) is 12.0. The van der Waals surface area contributed by atoms with E-state index in [2.05, 4.69) is 5.32 Å². The summed E-state index contributed by atoms with van der Waals surface area (Å²) in [5.74, 6) is 0. The molecule has 2 aromatic carbocycles. The van der Waals surface area contributed by atoms with Crippen molar-refractivity contribution in [3.63, 3.8) is 0 Å². The molecule has 0 bridgehead atoms. The monoisotopic (exact) mass is 414 g/mol. The zero-order chi connectivity index (χ0) is 21.5. The summed E-state index contributed by atoms with van der Waals surface area (Å²) >= 11 is 0. The highest BCUT2D eigenvalue weighted by molar-refractivity contribution is 7.89. The average molecular weight is 415 g/mol. The number of nitrogens with zero attached hydrogens (tertiary/aromatic N) is 1. The Balaban J connectivity index is 2.04. The van der Waals surface area contributed by atoms with Gasteiger partial charge in [0.2, 0.25) is 10.0 Å². The van der Waals surface area contributed by atoms with E-state index in [4.69, 9.17) is 4.42 Å². The van der Waals surface area contributed by atoms with Gasteiger partial charge in [-0.3, -0.25) is 0 Å². The Hall–Kier alpha value is -2.64. The lowest BCUT2D eigenvalue weighted by molar-refractivity contribution is 0.520. The van der Waals surface area contributed by atoms with E-state index in [1.165, 1.54) is 24.5 Å². The van der Waals surface area contributed by atoms with Gasteiger partial charge < -0.3 is 9.73 Å². The van der Waals surface area contributed by atoms with Gasteiger partial charge in [0.1, 0.15) is 5.58 Å². The molecule has 0 fully saturated rings. The van der Waals surface area contributed by atoms with Gasteiger partial charge in [0.15, 0.2) is 0 Å². The summed E-state index contributed by atoms with van der Waals surface area (Å²) in [5, 5.41) is 4.18. The van der Waals surface area contributed by atoms with Crippen LogP contribution in [-0.2, 0) is 16.6 Å². The standard InChI is InChI=1S/C22H26N2O4S/c1-13-8-19-17(10-22(25)28-21(19)9-14(13)2)12-23-20-11-18(7-15(3)16(20)4)29(26,27)24(5)6/h7-11,23H,12H2,1-6H3. The van der Waals surface area contributed by atoms with E-state index in [0.717, 1.165) is 38.9 Å². The maximum Gasteiger partial charge on any atom is 0.336 e. The second-order valence-corrected chi connectivity index (χ2v) is 9.73. The highest BCUT2D eigenvalue weighted by Crippen LogP contribution is 2.27. The van der Waals surface area contributed by atoms with Gasteiger partial charge in [0, 0.05) is 37.8 Å². The number of benzene rings is 2. The maximum absolute atomic E-state index is 12.6. The van der Waals surface area contributed by atoms with Crippen LogP contribution in [0.1, 0.15) is 27.8 Å². The fourth-order valence-electron chi connectivity index (χ4n) is 3.19. The number of sulfonamides is 1. The average Bonchev–Trinajstić information content (AvgIpc) is 2.63. The first-order chi connectivity index (χ1) is 13.5. The molecule has 0 unspecified atom stereocenters. The molecule has 1 heterocycles. The Bertz CT molecular complexity index is 1260. The van der Waals surface area contributed by atoms with Crippen molar-refractivity contribution >= 4 is 26.7 Å². The second kappa shape index (κ2) is 7.65. The van der Waals surface area contributed by atoms with Crippen molar-refractivity contribution < 1.29 is 12.8 Å². The van der Waals surface area contributed by atoms with Crippen LogP contribution < -0.4 is 10.9 Å². The zero-order valence-corrected chi connectivity index (χ0v) is 18.4. The Morgan fingerprint density at radius 1 is 0.931 bits per heavy atom. The Kier molecular flexibility index (Phi) is 5.56. The van der Waals surface area contributed by atoms with Crippen molar-refractivity contribution in [1.29, 1.82) is 0 Å². The molecule has 0 spiro atoms. The number of hydrogen-bond donors (Lipinski definition) is 1. The van der Waals surface area contributed by atoms with Crippen molar-refractivity contribution in [2.75, 3.05) is 19.4 Å². The van der Waals surface area contributed by atoms with Crippen molar-refractivity contribution in [3.05, 3.63) is 68.6 Å². The number of anilines is 1. The number of aryl methyl sites for hydroxylation is 3. The van der Waals surface area contributed by atoms with Crippen LogP contribution in [0.4, 0.5) is 5.69 Å². The predicted octanol–water partition coefficient (Wildman–Crippen LogP) is 3.89. The Labute approximate surface area is 171 Å².